The van der Waals surface area contributed by atoms with Crippen LogP contribution in [0.1, 0.15) is 33.3 Å². The van der Waals surface area contributed by atoms with Crippen LogP contribution in [0.3, 0.4) is 0 Å². The van der Waals surface area contributed by atoms with Crippen molar-refractivity contribution >= 4 is 17.7 Å². The van der Waals surface area contributed by atoms with Gasteiger partial charge in [0.1, 0.15) is 5.75 Å². The van der Waals surface area contributed by atoms with Crippen molar-refractivity contribution in [3.8, 4) is 5.75 Å². The second kappa shape index (κ2) is 8.98. The minimum Gasteiger partial charge on any atom is -0.497 e. The molecule has 5 rings (SSSR count). The van der Waals surface area contributed by atoms with Gasteiger partial charge >= 0.3 is 0 Å². The summed E-state index contributed by atoms with van der Waals surface area (Å²) in [5, 5.41) is 0.913. The number of amides is 3. The monoisotopic (exact) mass is 452 g/mol. The third-order valence-corrected chi connectivity index (χ3v) is 6.61. The van der Waals surface area contributed by atoms with Gasteiger partial charge in [-0.1, -0.05) is 78.9 Å². The maximum Gasteiger partial charge on any atom is 0.270 e. The number of hydrazine groups is 1. The Kier molecular flexibility index (Phi) is 5.72. The summed E-state index contributed by atoms with van der Waals surface area (Å²) >= 11 is 0. The molecule has 4 atom stereocenters. The summed E-state index contributed by atoms with van der Waals surface area (Å²) in [4.78, 5) is 40.2. The fraction of sp³-hybridized carbons (Fsp3) is 0.179. The highest BCUT2D eigenvalue weighted by Gasteiger charge is 2.55. The zero-order valence-electron chi connectivity index (χ0n) is 18.6. The molecule has 3 amide bonds. The van der Waals surface area contributed by atoms with E-state index in [1.54, 1.807) is 24.3 Å². The van der Waals surface area contributed by atoms with E-state index in [4.69, 9.17) is 4.74 Å². The van der Waals surface area contributed by atoms with Crippen molar-refractivity contribution in [1.29, 1.82) is 0 Å². The van der Waals surface area contributed by atoms with Gasteiger partial charge in [-0.25, -0.2) is 0 Å². The Morgan fingerprint density at radius 2 is 1.29 bits per heavy atom. The summed E-state index contributed by atoms with van der Waals surface area (Å²) in [6, 6.07) is 25.9. The highest BCUT2D eigenvalue weighted by molar-refractivity contribution is 6.09. The molecule has 1 fully saturated rings. The minimum absolute atomic E-state index is 0.263. The van der Waals surface area contributed by atoms with Crippen LogP contribution in [0.4, 0.5) is 0 Å². The molecule has 0 radical (unpaired) electrons. The molecule has 3 aromatic rings. The first-order valence-electron chi connectivity index (χ1n) is 11.2. The van der Waals surface area contributed by atoms with E-state index < -0.39 is 29.6 Å². The van der Waals surface area contributed by atoms with Crippen molar-refractivity contribution in [2.24, 2.45) is 11.8 Å². The topological polar surface area (TPSA) is 75.7 Å². The average molecular weight is 453 g/mol. The van der Waals surface area contributed by atoms with Gasteiger partial charge in [0.2, 0.25) is 0 Å². The average Bonchev–Trinajstić information content (AvgIpc) is 3.14. The molecule has 0 saturated carbocycles. The van der Waals surface area contributed by atoms with E-state index in [-0.39, 0.29) is 11.8 Å². The number of hydrogen-bond acceptors (Lipinski definition) is 4. The second-order valence-electron chi connectivity index (χ2n) is 8.49. The number of hydrogen-bond donors (Lipinski definition) is 1. The molecule has 1 N–H and O–H groups in total. The van der Waals surface area contributed by atoms with Crippen molar-refractivity contribution in [2.45, 2.75) is 11.8 Å². The molecule has 1 saturated heterocycles. The van der Waals surface area contributed by atoms with E-state index in [1.165, 1.54) is 7.11 Å². The molecule has 1 aliphatic carbocycles. The van der Waals surface area contributed by atoms with Gasteiger partial charge < -0.3 is 4.74 Å². The molecule has 1 heterocycles. The van der Waals surface area contributed by atoms with Crippen molar-refractivity contribution in [3.63, 3.8) is 0 Å². The zero-order valence-corrected chi connectivity index (χ0v) is 18.6. The van der Waals surface area contributed by atoms with Crippen LogP contribution in [0.2, 0.25) is 0 Å². The molecule has 3 aromatic carbocycles. The lowest BCUT2D eigenvalue weighted by molar-refractivity contribution is -0.142. The third-order valence-electron chi connectivity index (χ3n) is 6.61. The van der Waals surface area contributed by atoms with E-state index in [0.29, 0.717) is 11.3 Å². The van der Waals surface area contributed by atoms with Crippen LogP contribution in [0.15, 0.2) is 97.1 Å². The fourth-order valence-electron chi connectivity index (χ4n) is 4.97. The number of carbonyl (C=O) groups is 3. The normalized spacial score (nSPS) is 23.5. The lowest BCUT2D eigenvalue weighted by atomic mass is 9.68. The quantitative estimate of drug-likeness (QED) is 0.468. The van der Waals surface area contributed by atoms with Crippen LogP contribution >= 0.6 is 0 Å². The molecule has 0 unspecified atom stereocenters. The van der Waals surface area contributed by atoms with Crippen LogP contribution in [0, 0.1) is 11.8 Å². The van der Waals surface area contributed by atoms with E-state index in [1.807, 2.05) is 72.8 Å². The zero-order chi connectivity index (χ0) is 23.7. The maximum atomic E-state index is 13.6. The highest BCUT2D eigenvalue weighted by Crippen LogP contribution is 2.48. The van der Waals surface area contributed by atoms with Crippen LogP contribution in [0.5, 0.6) is 5.75 Å². The Balaban J connectivity index is 1.50. The molecule has 0 aromatic heterocycles. The number of fused-ring (bicyclic) bond motifs is 1. The number of rotatable bonds is 5. The van der Waals surface area contributed by atoms with Gasteiger partial charge in [0.25, 0.3) is 17.7 Å². The smallest absolute Gasteiger partial charge is 0.270 e. The van der Waals surface area contributed by atoms with Gasteiger partial charge in [-0.05, 0) is 29.3 Å². The number of nitrogens with one attached hydrogen (secondary N) is 1. The first-order chi connectivity index (χ1) is 16.6. The van der Waals surface area contributed by atoms with Crippen LogP contribution < -0.4 is 10.2 Å². The molecule has 6 nitrogen and oxygen atoms in total. The summed E-state index contributed by atoms with van der Waals surface area (Å²) in [6.45, 7) is 0. The van der Waals surface area contributed by atoms with E-state index >= 15 is 0 Å². The number of carbonyl (C=O) groups excluding carboxylic acids is 3. The van der Waals surface area contributed by atoms with Crippen LogP contribution in [-0.4, -0.2) is 29.8 Å². The number of allylic oxidation sites excluding steroid dienone is 2. The van der Waals surface area contributed by atoms with Gasteiger partial charge in [0, 0.05) is 17.4 Å². The van der Waals surface area contributed by atoms with Crippen molar-refractivity contribution < 1.29 is 19.1 Å². The molecule has 170 valence electrons. The summed E-state index contributed by atoms with van der Waals surface area (Å²) in [6.07, 6.45) is 4.04. The summed E-state index contributed by atoms with van der Waals surface area (Å²) < 4.78 is 5.18. The second-order valence-corrected chi connectivity index (χ2v) is 8.49. The van der Waals surface area contributed by atoms with Crippen molar-refractivity contribution in [3.05, 3.63) is 114 Å². The number of methoxy groups -OCH3 is 1. The van der Waals surface area contributed by atoms with Crippen LogP contribution in [-0.2, 0) is 9.59 Å². The minimum atomic E-state index is -0.615. The molecule has 0 bridgehead atoms. The van der Waals surface area contributed by atoms with Gasteiger partial charge in [0.15, 0.2) is 0 Å². The summed E-state index contributed by atoms with van der Waals surface area (Å²) in [7, 11) is 1.51. The van der Waals surface area contributed by atoms with Gasteiger partial charge in [-0.2, -0.15) is 5.01 Å². The van der Waals surface area contributed by atoms with Gasteiger partial charge in [0.05, 0.1) is 18.9 Å². The Labute approximate surface area is 197 Å². The number of nitrogens with zero attached hydrogens (tertiary/aromatic N) is 1. The predicted octanol–water partition coefficient (Wildman–Crippen LogP) is 4.08. The standard InChI is InChI=1S/C28H24N2O4/c1-34-21-14-8-13-20(17-21)26(31)29-30-27(32)24-22(18-9-4-2-5-10-18)15-16-23(25(24)28(30)33)19-11-6-3-7-12-19/h2-17,22-25H,1H3,(H,29,31)/t22-,23+,24-,25-/m1/s1. The largest absolute Gasteiger partial charge is 0.497 e. The molecular weight excluding hydrogens is 428 g/mol. The summed E-state index contributed by atoms with van der Waals surface area (Å²) in [5.41, 5.74) is 4.78. The predicted molar refractivity (Wildman–Crippen MR) is 127 cm³/mol. The number of benzene rings is 3. The highest BCUT2D eigenvalue weighted by atomic mass is 16.5. The number of imide groups is 1. The Bertz CT molecular complexity index is 1190. The van der Waals surface area contributed by atoms with Gasteiger partial charge in [-0.15, -0.1) is 0 Å². The van der Waals surface area contributed by atoms with Crippen molar-refractivity contribution in [1.82, 2.24) is 10.4 Å². The molecule has 0 spiro atoms. The number of ether oxygens (including phenoxy) is 1. The molecule has 34 heavy (non-hydrogen) atoms. The van der Waals surface area contributed by atoms with Crippen molar-refractivity contribution in [2.75, 3.05) is 7.11 Å². The molecule has 6 heteroatoms. The summed E-state index contributed by atoms with van der Waals surface area (Å²) in [5.74, 6) is -2.58. The Morgan fingerprint density at radius 1 is 0.765 bits per heavy atom. The van der Waals surface area contributed by atoms with E-state index in [9.17, 15) is 14.4 Å². The Morgan fingerprint density at radius 3 is 1.79 bits per heavy atom. The van der Waals surface area contributed by atoms with E-state index in [0.717, 1.165) is 16.1 Å². The molecule has 2 aliphatic rings. The maximum absolute atomic E-state index is 13.6. The van der Waals surface area contributed by atoms with Crippen LogP contribution in [0.25, 0.3) is 0 Å². The van der Waals surface area contributed by atoms with E-state index in [2.05, 4.69) is 5.43 Å². The van der Waals surface area contributed by atoms with Gasteiger partial charge in [-0.3, -0.25) is 19.8 Å². The third kappa shape index (κ3) is 3.77. The fourth-order valence-corrected chi connectivity index (χ4v) is 4.97. The SMILES string of the molecule is COc1cccc(C(=O)NN2C(=O)[C@H]3[C@H](C2=O)[C@H](c2ccccc2)C=C[C@@H]3c2ccccc2)c1. The molecular formula is C28H24N2O4. The first kappa shape index (κ1) is 21.6. The Hall–Kier alpha value is -4.19. The first-order valence-corrected chi connectivity index (χ1v) is 11.2. The molecule has 1 aliphatic heterocycles. The lowest BCUT2D eigenvalue weighted by Crippen LogP contribution is -2.46. The lowest BCUT2D eigenvalue weighted by Gasteiger charge is -2.32.